The van der Waals surface area contributed by atoms with Gasteiger partial charge in [-0.25, -0.2) is 12.7 Å². The Hall–Kier alpha value is -2.71. The Morgan fingerprint density at radius 2 is 1.48 bits per heavy atom. The van der Waals surface area contributed by atoms with E-state index in [1.807, 2.05) is 19.1 Å². The van der Waals surface area contributed by atoms with E-state index < -0.39 is 10.0 Å². The summed E-state index contributed by atoms with van der Waals surface area (Å²) in [7, 11) is 2.67. The van der Waals surface area contributed by atoms with Crippen LogP contribution < -0.4 is 0 Å². The van der Waals surface area contributed by atoms with Crippen molar-refractivity contribution in [3.8, 4) is 0 Å². The van der Waals surface area contributed by atoms with Crippen LogP contribution in [0.5, 0.6) is 0 Å². The van der Waals surface area contributed by atoms with Gasteiger partial charge in [0.1, 0.15) is 0 Å². The Kier molecular flexibility index (Phi) is 7.16. The average molecular weight is 418 g/mol. The molecule has 2 amide bonds. The number of nitrogens with zero attached hydrogens (tertiary/aromatic N) is 3. The topological polar surface area (TPSA) is 78.0 Å². The molecule has 0 unspecified atom stereocenters. The van der Waals surface area contributed by atoms with Gasteiger partial charge in [0.05, 0.1) is 4.90 Å². The Labute approximate surface area is 172 Å². The standard InChI is InChI=1S/C21H27N3O4S/c1-6-24(15-16-10-12-17(13-11-16)20(25)22(2)3)21(26)18-8-7-9-19(14-18)29(27,28)23(4)5/h7-14H,6,15H2,1-5H3. The molecule has 8 heteroatoms. The summed E-state index contributed by atoms with van der Waals surface area (Å²) in [5, 5.41) is 0. The summed E-state index contributed by atoms with van der Waals surface area (Å²) in [5.41, 5.74) is 1.77. The average Bonchev–Trinajstić information content (AvgIpc) is 2.71. The first kappa shape index (κ1) is 22.6. The molecule has 0 aliphatic rings. The van der Waals surface area contributed by atoms with Crippen LogP contribution in [0.15, 0.2) is 53.4 Å². The highest BCUT2D eigenvalue weighted by Gasteiger charge is 2.21. The van der Waals surface area contributed by atoms with E-state index in [1.54, 1.807) is 43.3 Å². The lowest BCUT2D eigenvalue weighted by molar-refractivity contribution is 0.0751. The molecule has 0 aliphatic carbocycles. The molecule has 0 aliphatic heterocycles. The Morgan fingerprint density at radius 1 is 0.862 bits per heavy atom. The van der Waals surface area contributed by atoms with Crippen molar-refractivity contribution in [2.75, 3.05) is 34.7 Å². The molecule has 0 heterocycles. The number of sulfonamides is 1. The molecule has 0 radical (unpaired) electrons. The van der Waals surface area contributed by atoms with E-state index in [-0.39, 0.29) is 16.7 Å². The predicted octanol–water partition coefficient (Wildman–Crippen LogP) is 2.30. The van der Waals surface area contributed by atoms with Gasteiger partial charge in [0.15, 0.2) is 0 Å². The first-order valence-electron chi connectivity index (χ1n) is 9.20. The summed E-state index contributed by atoms with van der Waals surface area (Å²) in [6.07, 6.45) is 0. The highest BCUT2D eigenvalue weighted by molar-refractivity contribution is 7.89. The van der Waals surface area contributed by atoms with Crippen molar-refractivity contribution in [1.82, 2.24) is 14.1 Å². The minimum atomic E-state index is -3.62. The lowest BCUT2D eigenvalue weighted by Crippen LogP contribution is -2.30. The van der Waals surface area contributed by atoms with E-state index in [9.17, 15) is 18.0 Å². The fourth-order valence-electron chi connectivity index (χ4n) is 2.74. The normalized spacial score (nSPS) is 11.4. The molecule has 0 N–H and O–H groups in total. The van der Waals surface area contributed by atoms with E-state index >= 15 is 0 Å². The van der Waals surface area contributed by atoms with E-state index in [4.69, 9.17) is 0 Å². The molecular formula is C21H27N3O4S. The van der Waals surface area contributed by atoms with Crippen molar-refractivity contribution in [3.63, 3.8) is 0 Å². The van der Waals surface area contributed by atoms with Gasteiger partial charge in [-0.1, -0.05) is 18.2 Å². The smallest absolute Gasteiger partial charge is 0.254 e. The maximum Gasteiger partial charge on any atom is 0.254 e. The molecule has 0 aromatic heterocycles. The summed E-state index contributed by atoms with van der Waals surface area (Å²) in [4.78, 5) is 28.2. The monoisotopic (exact) mass is 417 g/mol. The second kappa shape index (κ2) is 9.19. The Morgan fingerprint density at radius 3 is 2.00 bits per heavy atom. The molecule has 7 nitrogen and oxygen atoms in total. The van der Waals surface area contributed by atoms with Crippen LogP contribution in [0, 0.1) is 0 Å². The Bertz CT molecular complexity index is 983. The SMILES string of the molecule is CCN(Cc1ccc(C(=O)N(C)C)cc1)C(=O)c1cccc(S(=O)(=O)N(C)C)c1. The summed E-state index contributed by atoms with van der Waals surface area (Å²) in [6.45, 7) is 2.68. The van der Waals surface area contributed by atoms with Crippen LogP contribution in [0.4, 0.5) is 0 Å². The predicted molar refractivity (Wildman–Crippen MR) is 112 cm³/mol. The van der Waals surface area contributed by atoms with Gasteiger partial charge in [-0.2, -0.15) is 0 Å². The van der Waals surface area contributed by atoms with Crippen molar-refractivity contribution < 1.29 is 18.0 Å². The van der Waals surface area contributed by atoms with E-state index in [0.717, 1.165) is 9.87 Å². The van der Waals surface area contributed by atoms with E-state index in [1.165, 1.54) is 31.1 Å². The summed E-state index contributed by atoms with van der Waals surface area (Å²) < 4.78 is 25.8. The highest BCUT2D eigenvalue weighted by Crippen LogP contribution is 2.17. The van der Waals surface area contributed by atoms with Crippen LogP contribution in [0.2, 0.25) is 0 Å². The molecule has 0 saturated carbocycles. The minimum Gasteiger partial charge on any atom is -0.345 e. The lowest BCUT2D eigenvalue weighted by atomic mass is 10.1. The van der Waals surface area contributed by atoms with Crippen LogP contribution >= 0.6 is 0 Å². The number of benzene rings is 2. The molecule has 0 spiro atoms. The fourth-order valence-corrected chi connectivity index (χ4v) is 3.69. The molecule has 2 rings (SSSR count). The van der Waals surface area contributed by atoms with Gasteiger partial charge in [0, 0.05) is 52.4 Å². The van der Waals surface area contributed by atoms with Crippen LogP contribution in [0.25, 0.3) is 0 Å². The first-order valence-corrected chi connectivity index (χ1v) is 10.6. The van der Waals surface area contributed by atoms with Gasteiger partial charge >= 0.3 is 0 Å². The second-order valence-electron chi connectivity index (χ2n) is 7.03. The lowest BCUT2D eigenvalue weighted by Gasteiger charge is -2.22. The summed E-state index contributed by atoms with van der Waals surface area (Å²) in [6, 6.07) is 13.2. The van der Waals surface area contributed by atoms with Gasteiger partial charge < -0.3 is 9.80 Å². The molecule has 0 atom stereocenters. The number of hydrogen-bond donors (Lipinski definition) is 0. The van der Waals surface area contributed by atoms with Gasteiger partial charge in [0.25, 0.3) is 11.8 Å². The molecule has 0 bridgehead atoms. The minimum absolute atomic E-state index is 0.0796. The number of amides is 2. The van der Waals surface area contributed by atoms with Crippen molar-refractivity contribution in [1.29, 1.82) is 0 Å². The van der Waals surface area contributed by atoms with Crippen molar-refractivity contribution in [3.05, 3.63) is 65.2 Å². The zero-order chi connectivity index (χ0) is 21.8. The zero-order valence-corrected chi connectivity index (χ0v) is 18.2. The molecule has 2 aromatic carbocycles. The van der Waals surface area contributed by atoms with Gasteiger partial charge in [0.2, 0.25) is 10.0 Å². The molecular weight excluding hydrogens is 390 g/mol. The summed E-state index contributed by atoms with van der Waals surface area (Å²) in [5.74, 6) is -0.337. The fraction of sp³-hybridized carbons (Fsp3) is 0.333. The largest absolute Gasteiger partial charge is 0.345 e. The second-order valence-corrected chi connectivity index (χ2v) is 9.18. The first-order chi connectivity index (χ1) is 13.6. The van der Waals surface area contributed by atoms with Gasteiger partial charge in [-0.3, -0.25) is 9.59 Å². The highest BCUT2D eigenvalue weighted by atomic mass is 32.2. The number of hydrogen-bond acceptors (Lipinski definition) is 4. The van der Waals surface area contributed by atoms with E-state index in [2.05, 4.69) is 0 Å². The van der Waals surface area contributed by atoms with Crippen molar-refractivity contribution in [2.24, 2.45) is 0 Å². The van der Waals surface area contributed by atoms with Crippen molar-refractivity contribution >= 4 is 21.8 Å². The molecule has 156 valence electrons. The third-order valence-corrected chi connectivity index (χ3v) is 6.32. The maximum absolute atomic E-state index is 13.0. The number of carbonyl (C=O) groups excluding carboxylic acids is 2. The molecule has 0 saturated heterocycles. The molecule has 29 heavy (non-hydrogen) atoms. The van der Waals surface area contributed by atoms with Crippen LogP contribution in [0.1, 0.15) is 33.2 Å². The quantitative estimate of drug-likeness (QED) is 0.693. The van der Waals surface area contributed by atoms with Crippen LogP contribution in [0.3, 0.4) is 0 Å². The van der Waals surface area contributed by atoms with Gasteiger partial charge in [-0.05, 0) is 42.8 Å². The third-order valence-electron chi connectivity index (χ3n) is 4.51. The van der Waals surface area contributed by atoms with E-state index in [0.29, 0.717) is 24.2 Å². The molecule has 2 aromatic rings. The number of carbonyl (C=O) groups is 2. The number of rotatable bonds is 7. The zero-order valence-electron chi connectivity index (χ0n) is 17.4. The van der Waals surface area contributed by atoms with Gasteiger partial charge in [-0.15, -0.1) is 0 Å². The van der Waals surface area contributed by atoms with Crippen molar-refractivity contribution in [2.45, 2.75) is 18.4 Å². The third kappa shape index (κ3) is 5.21. The maximum atomic E-state index is 13.0. The summed E-state index contributed by atoms with van der Waals surface area (Å²) >= 11 is 0. The Balaban J connectivity index is 2.22. The molecule has 0 fully saturated rings. The van der Waals surface area contributed by atoms with Crippen LogP contribution in [-0.2, 0) is 16.6 Å². The van der Waals surface area contributed by atoms with Crippen LogP contribution in [-0.4, -0.2) is 69.1 Å².